The van der Waals surface area contributed by atoms with E-state index in [4.69, 9.17) is 11.6 Å². The van der Waals surface area contributed by atoms with Gasteiger partial charge in [-0.25, -0.2) is 23.0 Å². The Morgan fingerprint density at radius 1 is 1.06 bits per heavy atom. The Hall–Kier alpha value is -2.97. The summed E-state index contributed by atoms with van der Waals surface area (Å²) in [5.74, 6) is 1.14. The van der Waals surface area contributed by atoms with E-state index < -0.39 is 10.0 Å². The molecule has 0 amide bonds. The highest BCUT2D eigenvalue weighted by atomic mass is 35.5. The molecule has 4 aromatic rings. The average molecular weight is 457 g/mol. The van der Waals surface area contributed by atoms with Gasteiger partial charge in [-0.1, -0.05) is 37.6 Å². The zero-order chi connectivity index (χ0) is 22.0. The van der Waals surface area contributed by atoms with Gasteiger partial charge in [-0.3, -0.25) is 4.72 Å². The summed E-state index contributed by atoms with van der Waals surface area (Å²) in [6.07, 6.45) is 6.71. The number of sulfonamides is 1. The number of aromatic nitrogens is 4. The first-order chi connectivity index (χ1) is 14.8. The third-order valence-corrected chi connectivity index (χ3v) is 6.41. The van der Waals surface area contributed by atoms with Gasteiger partial charge < -0.3 is 0 Å². The molecule has 2 aromatic carbocycles. The minimum absolute atomic E-state index is 0.0947. The van der Waals surface area contributed by atoms with Crippen molar-refractivity contribution in [2.24, 2.45) is 5.92 Å². The van der Waals surface area contributed by atoms with Crippen LogP contribution in [0.3, 0.4) is 0 Å². The number of benzene rings is 2. The Kier molecular flexibility index (Phi) is 5.93. The highest BCUT2D eigenvalue weighted by Crippen LogP contribution is 2.24. The lowest BCUT2D eigenvalue weighted by Crippen LogP contribution is -2.31. The van der Waals surface area contributed by atoms with Gasteiger partial charge in [0.05, 0.1) is 22.5 Å². The fourth-order valence-corrected chi connectivity index (χ4v) is 4.23. The summed E-state index contributed by atoms with van der Waals surface area (Å²) in [5, 5.41) is 0.462. The molecule has 2 aromatic heterocycles. The van der Waals surface area contributed by atoms with Crippen LogP contribution in [0.4, 0.5) is 5.82 Å². The number of aryl methyl sites for hydroxylation is 1. The zero-order valence-electron chi connectivity index (χ0n) is 17.2. The second kappa shape index (κ2) is 8.64. The van der Waals surface area contributed by atoms with E-state index in [1.165, 1.54) is 24.3 Å². The van der Waals surface area contributed by atoms with Crippen LogP contribution in [0.15, 0.2) is 72.1 Å². The predicted molar refractivity (Wildman–Crippen MR) is 121 cm³/mol. The van der Waals surface area contributed by atoms with E-state index in [1.807, 2.05) is 41.5 Å². The van der Waals surface area contributed by atoms with Gasteiger partial charge in [-0.2, -0.15) is 4.57 Å². The molecule has 160 valence electrons. The first kappa shape index (κ1) is 21.3. The largest absolute Gasteiger partial charge is 0.270 e. The molecule has 0 spiro atoms. The summed E-state index contributed by atoms with van der Waals surface area (Å²) < 4.78 is 32.4. The van der Waals surface area contributed by atoms with Crippen molar-refractivity contribution in [1.29, 1.82) is 0 Å². The summed E-state index contributed by atoms with van der Waals surface area (Å²) in [5.41, 5.74) is 1.27. The van der Waals surface area contributed by atoms with Crippen molar-refractivity contribution in [3.63, 3.8) is 0 Å². The Balaban J connectivity index is 1.76. The van der Waals surface area contributed by atoms with Crippen LogP contribution < -0.4 is 9.29 Å². The summed E-state index contributed by atoms with van der Waals surface area (Å²) in [4.78, 5) is 9.33. The number of nitrogens with one attached hydrogen (secondary N) is 1. The molecule has 1 N–H and O–H groups in total. The number of imidazole rings is 1. The molecule has 31 heavy (non-hydrogen) atoms. The van der Waals surface area contributed by atoms with Gasteiger partial charge >= 0.3 is 0 Å². The smallest absolute Gasteiger partial charge is 0.258 e. The number of halogens is 1. The standard InChI is InChI=1S/C22H23ClN5O2S/c1-16(2)11-12-27-13-14-28(15-27)22-21(24-19-5-3-4-6-20(19)25-22)26-31(29,30)18-9-7-17(23)8-10-18/h3-10,13-16H,11-12H2,1-2H3,(H,24,26)/q+1. The maximum absolute atomic E-state index is 13.0. The molecular formula is C22H23ClN5O2S+. The second-order valence-electron chi connectivity index (χ2n) is 7.69. The van der Waals surface area contributed by atoms with Crippen LogP contribution in [-0.2, 0) is 16.6 Å². The minimum atomic E-state index is -3.88. The van der Waals surface area contributed by atoms with Gasteiger partial charge in [0.25, 0.3) is 15.8 Å². The van der Waals surface area contributed by atoms with E-state index in [9.17, 15) is 8.42 Å². The lowest BCUT2D eigenvalue weighted by atomic mass is 10.1. The van der Waals surface area contributed by atoms with E-state index in [-0.39, 0.29) is 10.7 Å². The molecule has 0 saturated heterocycles. The SMILES string of the molecule is CC(C)CC[n+]1ccn(-c2nc3ccccc3nc2NS(=O)(=O)c2ccc(Cl)cc2)c1. The third-order valence-electron chi connectivity index (χ3n) is 4.81. The highest BCUT2D eigenvalue weighted by molar-refractivity contribution is 7.92. The Bertz CT molecular complexity index is 1320. The minimum Gasteiger partial charge on any atom is -0.258 e. The third kappa shape index (κ3) is 4.86. The van der Waals surface area contributed by atoms with Crippen LogP contribution in [0, 0.1) is 5.92 Å². The van der Waals surface area contributed by atoms with Crippen molar-refractivity contribution in [2.45, 2.75) is 31.7 Å². The van der Waals surface area contributed by atoms with E-state index in [2.05, 4.69) is 28.5 Å². The molecule has 0 fully saturated rings. The molecule has 4 rings (SSSR count). The van der Waals surface area contributed by atoms with E-state index in [0.717, 1.165) is 13.0 Å². The van der Waals surface area contributed by atoms with Crippen LogP contribution in [0.25, 0.3) is 16.9 Å². The molecule has 0 aliphatic carbocycles. The fraction of sp³-hybridized carbons (Fsp3) is 0.227. The Morgan fingerprint density at radius 3 is 2.42 bits per heavy atom. The summed E-state index contributed by atoms with van der Waals surface area (Å²) in [6, 6.07) is 13.3. The van der Waals surface area contributed by atoms with Crippen LogP contribution in [0.1, 0.15) is 20.3 Å². The van der Waals surface area contributed by atoms with Gasteiger partial charge in [0.15, 0.2) is 0 Å². The number of anilines is 1. The molecule has 0 bridgehead atoms. The van der Waals surface area contributed by atoms with E-state index in [0.29, 0.717) is 27.8 Å². The molecular weight excluding hydrogens is 434 g/mol. The lowest BCUT2D eigenvalue weighted by molar-refractivity contribution is -0.697. The highest BCUT2D eigenvalue weighted by Gasteiger charge is 2.22. The molecule has 9 heteroatoms. The molecule has 0 unspecified atom stereocenters. The van der Waals surface area contributed by atoms with Crippen molar-refractivity contribution < 1.29 is 13.0 Å². The normalized spacial score (nSPS) is 11.9. The van der Waals surface area contributed by atoms with Gasteiger partial charge in [-0.15, -0.1) is 0 Å². The zero-order valence-corrected chi connectivity index (χ0v) is 18.8. The monoisotopic (exact) mass is 456 g/mol. The van der Waals surface area contributed by atoms with Gasteiger partial charge in [0, 0.05) is 5.02 Å². The summed E-state index contributed by atoms with van der Waals surface area (Å²) in [7, 11) is -3.88. The summed E-state index contributed by atoms with van der Waals surface area (Å²) in [6.45, 7) is 5.21. The first-order valence-electron chi connectivity index (χ1n) is 9.94. The first-order valence-corrected chi connectivity index (χ1v) is 11.8. The van der Waals surface area contributed by atoms with Crippen LogP contribution in [0.5, 0.6) is 0 Å². The van der Waals surface area contributed by atoms with Crippen molar-refractivity contribution in [3.8, 4) is 5.82 Å². The van der Waals surface area contributed by atoms with E-state index in [1.54, 1.807) is 10.6 Å². The van der Waals surface area contributed by atoms with Crippen molar-refractivity contribution >= 4 is 38.5 Å². The van der Waals surface area contributed by atoms with Gasteiger partial charge in [0.2, 0.25) is 12.1 Å². The average Bonchev–Trinajstić information content (AvgIpc) is 3.20. The molecule has 0 radical (unpaired) electrons. The molecule has 7 nitrogen and oxygen atoms in total. The topological polar surface area (TPSA) is 80.8 Å². The lowest BCUT2D eigenvalue weighted by Gasteiger charge is -2.10. The van der Waals surface area contributed by atoms with E-state index >= 15 is 0 Å². The van der Waals surface area contributed by atoms with Crippen molar-refractivity contribution in [1.82, 2.24) is 14.5 Å². The number of fused-ring (bicyclic) bond motifs is 1. The number of hydrogen-bond acceptors (Lipinski definition) is 4. The van der Waals surface area contributed by atoms with Gasteiger partial charge in [-0.05, 0) is 48.7 Å². The molecule has 0 aliphatic rings. The predicted octanol–water partition coefficient (Wildman–Crippen LogP) is 4.21. The van der Waals surface area contributed by atoms with Crippen molar-refractivity contribution in [3.05, 3.63) is 72.3 Å². The molecule has 0 atom stereocenters. The van der Waals surface area contributed by atoms with Crippen molar-refractivity contribution in [2.75, 3.05) is 4.72 Å². The number of para-hydroxylation sites is 2. The number of hydrogen-bond donors (Lipinski definition) is 1. The fourth-order valence-electron chi connectivity index (χ4n) is 3.10. The maximum Gasteiger partial charge on any atom is 0.270 e. The molecule has 0 aliphatic heterocycles. The number of nitrogens with zero attached hydrogens (tertiary/aromatic N) is 4. The van der Waals surface area contributed by atoms with Crippen LogP contribution in [0.2, 0.25) is 5.02 Å². The number of rotatable bonds is 7. The second-order valence-corrected chi connectivity index (χ2v) is 9.80. The Labute approximate surface area is 186 Å². The molecule has 0 saturated carbocycles. The molecule has 2 heterocycles. The summed E-state index contributed by atoms with van der Waals surface area (Å²) >= 11 is 5.90. The Morgan fingerprint density at radius 2 is 1.74 bits per heavy atom. The van der Waals surface area contributed by atoms with Crippen LogP contribution in [-0.4, -0.2) is 23.0 Å². The quantitative estimate of drug-likeness (QED) is 0.422. The van der Waals surface area contributed by atoms with Crippen LogP contribution >= 0.6 is 11.6 Å². The van der Waals surface area contributed by atoms with Gasteiger partial charge in [0.1, 0.15) is 12.4 Å². The maximum atomic E-state index is 13.0.